The molecule has 18 heavy (non-hydrogen) atoms. The fourth-order valence-corrected chi connectivity index (χ4v) is 2.83. The van der Waals surface area contributed by atoms with E-state index >= 15 is 0 Å². The van der Waals surface area contributed by atoms with Crippen molar-refractivity contribution in [3.63, 3.8) is 0 Å². The number of rotatable bonds is 2. The first-order valence-corrected chi connectivity index (χ1v) is 7.50. The van der Waals surface area contributed by atoms with Gasteiger partial charge in [0.2, 0.25) is 11.7 Å². The van der Waals surface area contributed by atoms with E-state index in [-0.39, 0.29) is 0 Å². The molecule has 0 atom stereocenters. The van der Waals surface area contributed by atoms with Crippen molar-refractivity contribution >= 4 is 22.6 Å². The number of aromatic nitrogens is 2. The van der Waals surface area contributed by atoms with E-state index < -0.39 is 0 Å². The molecule has 1 aromatic carbocycles. The largest absolute Gasteiger partial charge is 0.339 e. The Bertz CT molecular complexity index is 515. The smallest absolute Gasteiger partial charge is 0.230 e. The van der Waals surface area contributed by atoms with Crippen molar-refractivity contribution in [2.45, 2.75) is 38.0 Å². The summed E-state index contributed by atoms with van der Waals surface area (Å²) in [5.74, 6) is 2.01. The van der Waals surface area contributed by atoms with Crippen molar-refractivity contribution in [2.75, 3.05) is 0 Å². The van der Waals surface area contributed by atoms with Crippen LogP contribution in [0.3, 0.4) is 0 Å². The molecule has 4 heteroatoms. The zero-order chi connectivity index (χ0) is 12.4. The minimum Gasteiger partial charge on any atom is -0.339 e. The molecule has 0 aliphatic heterocycles. The summed E-state index contributed by atoms with van der Waals surface area (Å²) in [7, 11) is 0. The lowest BCUT2D eigenvalue weighted by molar-refractivity contribution is 0.314. The first-order valence-electron chi connectivity index (χ1n) is 6.42. The van der Waals surface area contributed by atoms with Crippen molar-refractivity contribution in [1.29, 1.82) is 0 Å². The number of hydrogen-bond acceptors (Lipinski definition) is 3. The average molecular weight is 354 g/mol. The normalized spacial score (nSPS) is 16.9. The highest BCUT2D eigenvalue weighted by Gasteiger charge is 2.21. The molecule has 1 aromatic heterocycles. The number of hydrogen-bond donors (Lipinski definition) is 0. The Labute approximate surface area is 120 Å². The highest BCUT2D eigenvalue weighted by atomic mass is 127. The van der Waals surface area contributed by atoms with Gasteiger partial charge in [-0.05, 0) is 47.6 Å². The quantitative estimate of drug-likeness (QED) is 0.751. The van der Waals surface area contributed by atoms with E-state index in [1.807, 2.05) is 12.1 Å². The van der Waals surface area contributed by atoms with Crippen LogP contribution in [0.1, 0.15) is 43.9 Å². The second kappa shape index (κ2) is 5.38. The fraction of sp³-hybridized carbons (Fsp3) is 0.429. The van der Waals surface area contributed by atoms with Gasteiger partial charge in [0.25, 0.3) is 0 Å². The zero-order valence-corrected chi connectivity index (χ0v) is 12.3. The van der Waals surface area contributed by atoms with Crippen LogP contribution in [0.2, 0.25) is 0 Å². The van der Waals surface area contributed by atoms with Crippen molar-refractivity contribution in [3.05, 3.63) is 33.7 Å². The first-order chi connectivity index (χ1) is 8.83. The lowest BCUT2D eigenvalue weighted by Gasteiger charge is -2.17. The summed E-state index contributed by atoms with van der Waals surface area (Å²) < 4.78 is 6.64. The van der Waals surface area contributed by atoms with E-state index in [4.69, 9.17) is 4.52 Å². The summed E-state index contributed by atoms with van der Waals surface area (Å²) in [6.07, 6.45) is 6.29. The molecule has 0 radical (unpaired) electrons. The third-order valence-electron chi connectivity index (χ3n) is 3.50. The average Bonchev–Trinajstić information content (AvgIpc) is 2.90. The summed E-state index contributed by atoms with van der Waals surface area (Å²) >= 11 is 2.29. The van der Waals surface area contributed by atoms with E-state index in [1.54, 1.807) is 0 Å². The molecule has 1 saturated carbocycles. The molecular formula is C14H15IN2O. The molecule has 1 fully saturated rings. The topological polar surface area (TPSA) is 38.9 Å². The maximum Gasteiger partial charge on any atom is 0.230 e. The predicted octanol–water partition coefficient (Wildman–Crippen LogP) is 4.39. The van der Waals surface area contributed by atoms with Gasteiger partial charge in [0.05, 0.1) is 0 Å². The predicted molar refractivity (Wildman–Crippen MR) is 78.3 cm³/mol. The zero-order valence-electron chi connectivity index (χ0n) is 10.1. The molecule has 1 heterocycles. The van der Waals surface area contributed by atoms with Crippen LogP contribution in [0.15, 0.2) is 28.8 Å². The van der Waals surface area contributed by atoms with Gasteiger partial charge in [-0.25, -0.2) is 0 Å². The van der Waals surface area contributed by atoms with Crippen molar-refractivity contribution in [1.82, 2.24) is 10.1 Å². The molecule has 0 saturated heterocycles. The molecule has 3 nitrogen and oxygen atoms in total. The van der Waals surface area contributed by atoms with Crippen LogP contribution in [-0.4, -0.2) is 10.1 Å². The maximum atomic E-state index is 5.43. The van der Waals surface area contributed by atoms with E-state index in [0.717, 1.165) is 11.5 Å². The third-order valence-corrected chi connectivity index (χ3v) is 4.22. The maximum absolute atomic E-state index is 5.43. The lowest BCUT2D eigenvalue weighted by Crippen LogP contribution is -2.04. The third kappa shape index (κ3) is 2.58. The monoisotopic (exact) mass is 354 g/mol. The summed E-state index contributed by atoms with van der Waals surface area (Å²) in [5.41, 5.74) is 1.03. The summed E-state index contributed by atoms with van der Waals surface area (Å²) in [6.45, 7) is 0. The van der Waals surface area contributed by atoms with Gasteiger partial charge >= 0.3 is 0 Å². The second-order valence-corrected chi connectivity index (χ2v) is 6.04. The summed E-state index contributed by atoms with van der Waals surface area (Å²) in [5, 5.41) is 4.10. The van der Waals surface area contributed by atoms with Crippen LogP contribution >= 0.6 is 22.6 Å². The number of halogens is 1. The minimum atomic E-state index is 0.476. The molecule has 2 aromatic rings. The highest BCUT2D eigenvalue weighted by molar-refractivity contribution is 14.1. The van der Waals surface area contributed by atoms with E-state index in [2.05, 4.69) is 44.9 Å². The van der Waals surface area contributed by atoms with Gasteiger partial charge in [0.1, 0.15) is 0 Å². The van der Waals surface area contributed by atoms with Crippen LogP contribution in [0, 0.1) is 3.57 Å². The van der Waals surface area contributed by atoms with Crippen molar-refractivity contribution < 1.29 is 4.52 Å². The molecule has 0 N–H and O–H groups in total. The number of benzene rings is 1. The first kappa shape index (κ1) is 12.1. The Morgan fingerprint density at radius 2 is 1.78 bits per heavy atom. The standard InChI is InChI=1S/C14H15IN2O/c15-12-8-6-10(7-9-12)13-16-14(18-17-13)11-4-2-1-3-5-11/h6-9,11H,1-5H2. The lowest BCUT2D eigenvalue weighted by atomic mass is 9.89. The molecule has 3 rings (SSSR count). The number of nitrogens with zero attached hydrogens (tertiary/aromatic N) is 2. The van der Waals surface area contributed by atoms with E-state index in [1.165, 1.54) is 35.7 Å². The Morgan fingerprint density at radius 1 is 1.06 bits per heavy atom. The molecular weight excluding hydrogens is 339 g/mol. The molecule has 94 valence electrons. The van der Waals surface area contributed by atoms with Crippen LogP contribution in [-0.2, 0) is 0 Å². The Balaban J connectivity index is 1.82. The van der Waals surface area contributed by atoms with Crippen LogP contribution in [0.5, 0.6) is 0 Å². The van der Waals surface area contributed by atoms with Crippen LogP contribution in [0.25, 0.3) is 11.4 Å². The second-order valence-electron chi connectivity index (χ2n) is 4.80. The fourth-order valence-electron chi connectivity index (χ4n) is 2.47. The molecule has 1 aliphatic rings. The molecule has 0 amide bonds. The highest BCUT2D eigenvalue weighted by Crippen LogP contribution is 2.32. The van der Waals surface area contributed by atoms with Gasteiger partial charge in [0.15, 0.2) is 0 Å². The minimum absolute atomic E-state index is 0.476. The molecule has 0 bridgehead atoms. The van der Waals surface area contributed by atoms with Gasteiger partial charge in [0, 0.05) is 15.1 Å². The van der Waals surface area contributed by atoms with E-state index in [9.17, 15) is 0 Å². The van der Waals surface area contributed by atoms with E-state index in [0.29, 0.717) is 11.7 Å². The molecule has 1 aliphatic carbocycles. The van der Waals surface area contributed by atoms with Gasteiger partial charge in [-0.3, -0.25) is 0 Å². The molecule has 0 spiro atoms. The summed E-state index contributed by atoms with van der Waals surface area (Å²) in [6, 6.07) is 8.20. The Hall–Kier alpha value is -0.910. The summed E-state index contributed by atoms with van der Waals surface area (Å²) in [4.78, 5) is 4.55. The Kier molecular flexibility index (Phi) is 3.63. The van der Waals surface area contributed by atoms with Crippen molar-refractivity contribution in [3.8, 4) is 11.4 Å². The van der Waals surface area contributed by atoms with Crippen LogP contribution < -0.4 is 0 Å². The van der Waals surface area contributed by atoms with Crippen molar-refractivity contribution in [2.24, 2.45) is 0 Å². The van der Waals surface area contributed by atoms with Gasteiger partial charge in [-0.2, -0.15) is 4.98 Å². The SMILES string of the molecule is Ic1ccc(-c2noc(C3CCCCC3)n2)cc1. The van der Waals surface area contributed by atoms with Gasteiger partial charge in [-0.1, -0.05) is 36.6 Å². The van der Waals surface area contributed by atoms with Gasteiger partial charge in [-0.15, -0.1) is 0 Å². The molecule has 0 unspecified atom stereocenters. The Morgan fingerprint density at radius 3 is 2.50 bits per heavy atom. The van der Waals surface area contributed by atoms with Crippen LogP contribution in [0.4, 0.5) is 0 Å². The van der Waals surface area contributed by atoms with Gasteiger partial charge < -0.3 is 4.52 Å².